The average Bonchev–Trinajstić information content (AvgIpc) is 2.59. The van der Waals surface area contributed by atoms with Crippen LogP contribution in [0.15, 0.2) is 22.6 Å². The zero-order chi connectivity index (χ0) is 10.1. The first kappa shape index (κ1) is 9.18. The zero-order valence-corrected chi connectivity index (χ0v) is 7.90. The van der Waals surface area contributed by atoms with Gasteiger partial charge in [-0.3, -0.25) is 0 Å². The van der Waals surface area contributed by atoms with Gasteiger partial charge >= 0.3 is 0 Å². The third-order valence-corrected chi connectivity index (χ3v) is 2.07. The molecule has 0 spiro atoms. The lowest BCUT2D eigenvalue weighted by molar-refractivity contribution is 0.250. The summed E-state index contributed by atoms with van der Waals surface area (Å²) < 4.78 is 5.38. The molecule has 0 saturated carbocycles. The Labute approximate surface area is 81.4 Å². The predicted molar refractivity (Wildman–Crippen MR) is 52.8 cm³/mol. The Kier molecular flexibility index (Phi) is 2.23. The van der Waals surface area contributed by atoms with E-state index in [9.17, 15) is 0 Å². The van der Waals surface area contributed by atoms with Gasteiger partial charge in [-0.25, -0.2) is 4.98 Å². The minimum Gasteiger partial charge on any atom is -0.439 e. The molecular formula is C10H12N2O2. The van der Waals surface area contributed by atoms with Crippen LogP contribution in [0.4, 0.5) is 0 Å². The molecule has 4 heteroatoms. The van der Waals surface area contributed by atoms with E-state index in [1.165, 1.54) is 0 Å². The molecule has 74 valence electrons. The second kappa shape index (κ2) is 3.40. The highest BCUT2D eigenvalue weighted by molar-refractivity contribution is 5.73. The van der Waals surface area contributed by atoms with Gasteiger partial charge in [-0.2, -0.15) is 0 Å². The number of rotatable bonds is 2. The Bertz CT molecular complexity index is 450. The SMILES string of the molecule is Cc1ccc2oc(C(N)CO)nc2c1. The van der Waals surface area contributed by atoms with E-state index in [0.29, 0.717) is 11.5 Å². The van der Waals surface area contributed by atoms with Gasteiger partial charge in [0.15, 0.2) is 5.58 Å². The van der Waals surface area contributed by atoms with Crippen LogP contribution < -0.4 is 5.73 Å². The number of nitrogens with zero attached hydrogens (tertiary/aromatic N) is 1. The minimum absolute atomic E-state index is 0.161. The van der Waals surface area contributed by atoms with Gasteiger partial charge in [-0.15, -0.1) is 0 Å². The van der Waals surface area contributed by atoms with Crippen molar-refractivity contribution in [2.45, 2.75) is 13.0 Å². The van der Waals surface area contributed by atoms with Crippen LogP contribution in [0.1, 0.15) is 17.5 Å². The van der Waals surface area contributed by atoms with E-state index in [1.807, 2.05) is 25.1 Å². The molecule has 3 N–H and O–H groups in total. The molecule has 1 atom stereocenters. The molecule has 1 aromatic carbocycles. The third kappa shape index (κ3) is 1.49. The lowest BCUT2D eigenvalue weighted by Gasteiger charge is -1.99. The highest BCUT2D eigenvalue weighted by atomic mass is 16.4. The van der Waals surface area contributed by atoms with Crippen LogP contribution in [0, 0.1) is 6.92 Å². The molecule has 0 amide bonds. The third-order valence-electron chi connectivity index (χ3n) is 2.07. The Morgan fingerprint density at radius 1 is 1.57 bits per heavy atom. The van der Waals surface area contributed by atoms with Crippen molar-refractivity contribution in [3.05, 3.63) is 29.7 Å². The van der Waals surface area contributed by atoms with Crippen molar-refractivity contribution in [2.24, 2.45) is 5.73 Å². The van der Waals surface area contributed by atoms with E-state index in [2.05, 4.69) is 4.98 Å². The van der Waals surface area contributed by atoms with E-state index in [1.54, 1.807) is 0 Å². The molecule has 2 aromatic rings. The normalized spacial score (nSPS) is 13.4. The molecule has 14 heavy (non-hydrogen) atoms. The number of hydrogen-bond acceptors (Lipinski definition) is 4. The summed E-state index contributed by atoms with van der Waals surface area (Å²) in [6.45, 7) is 1.82. The number of hydrogen-bond donors (Lipinski definition) is 2. The molecule has 2 rings (SSSR count). The largest absolute Gasteiger partial charge is 0.439 e. The van der Waals surface area contributed by atoms with Crippen LogP contribution in [-0.2, 0) is 0 Å². The number of oxazole rings is 1. The van der Waals surface area contributed by atoms with E-state index < -0.39 is 6.04 Å². The van der Waals surface area contributed by atoms with Gasteiger partial charge < -0.3 is 15.3 Å². The predicted octanol–water partition coefficient (Wildman–Crippen LogP) is 1.13. The van der Waals surface area contributed by atoms with Crippen LogP contribution in [0.3, 0.4) is 0 Å². The topological polar surface area (TPSA) is 72.3 Å². The van der Waals surface area contributed by atoms with Crippen molar-refractivity contribution in [1.82, 2.24) is 4.98 Å². The molecule has 0 saturated heterocycles. The summed E-state index contributed by atoms with van der Waals surface area (Å²) in [6, 6.07) is 5.18. The number of aliphatic hydroxyl groups excluding tert-OH is 1. The zero-order valence-electron chi connectivity index (χ0n) is 7.90. The van der Waals surface area contributed by atoms with E-state index >= 15 is 0 Å². The van der Waals surface area contributed by atoms with Gasteiger partial charge in [0.2, 0.25) is 5.89 Å². The van der Waals surface area contributed by atoms with Crippen molar-refractivity contribution < 1.29 is 9.52 Å². The van der Waals surface area contributed by atoms with Gasteiger partial charge in [-0.1, -0.05) is 6.07 Å². The van der Waals surface area contributed by atoms with Crippen LogP contribution in [-0.4, -0.2) is 16.7 Å². The number of nitrogens with two attached hydrogens (primary N) is 1. The second-order valence-electron chi connectivity index (χ2n) is 3.31. The number of benzene rings is 1. The molecular weight excluding hydrogens is 180 g/mol. The fourth-order valence-electron chi connectivity index (χ4n) is 1.29. The smallest absolute Gasteiger partial charge is 0.214 e. The number of aliphatic hydroxyl groups is 1. The van der Waals surface area contributed by atoms with E-state index in [-0.39, 0.29) is 6.61 Å². The summed E-state index contributed by atoms with van der Waals surface area (Å²) in [5.41, 5.74) is 8.19. The van der Waals surface area contributed by atoms with Crippen molar-refractivity contribution >= 4 is 11.1 Å². The lowest BCUT2D eigenvalue weighted by Crippen LogP contribution is -2.14. The van der Waals surface area contributed by atoms with Crippen molar-refractivity contribution in [2.75, 3.05) is 6.61 Å². The van der Waals surface area contributed by atoms with Gasteiger partial charge in [0.05, 0.1) is 6.61 Å². The minimum atomic E-state index is -0.539. The molecule has 4 nitrogen and oxygen atoms in total. The Morgan fingerprint density at radius 2 is 2.36 bits per heavy atom. The standard InChI is InChI=1S/C10H12N2O2/c1-6-2-3-9-8(4-6)12-10(14-9)7(11)5-13/h2-4,7,13H,5,11H2,1H3. The first-order chi connectivity index (χ1) is 6.70. The fourth-order valence-corrected chi connectivity index (χ4v) is 1.29. The Morgan fingerprint density at radius 3 is 3.07 bits per heavy atom. The molecule has 0 aliphatic heterocycles. The monoisotopic (exact) mass is 192 g/mol. The van der Waals surface area contributed by atoms with Crippen LogP contribution in [0.25, 0.3) is 11.1 Å². The van der Waals surface area contributed by atoms with Crippen molar-refractivity contribution in [1.29, 1.82) is 0 Å². The molecule has 0 fully saturated rings. The van der Waals surface area contributed by atoms with Crippen molar-refractivity contribution in [3.63, 3.8) is 0 Å². The summed E-state index contributed by atoms with van der Waals surface area (Å²) in [4.78, 5) is 4.19. The Hall–Kier alpha value is -1.39. The van der Waals surface area contributed by atoms with Crippen LogP contribution >= 0.6 is 0 Å². The maximum Gasteiger partial charge on any atom is 0.214 e. The molecule has 0 radical (unpaired) electrons. The highest BCUT2D eigenvalue weighted by Gasteiger charge is 2.12. The first-order valence-electron chi connectivity index (χ1n) is 4.44. The average molecular weight is 192 g/mol. The van der Waals surface area contributed by atoms with Crippen molar-refractivity contribution in [3.8, 4) is 0 Å². The number of aryl methyl sites for hydroxylation is 1. The molecule has 0 aliphatic carbocycles. The maximum atomic E-state index is 8.84. The van der Waals surface area contributed by atoms with E-state index in [0.717, 1.165) is 11.1 Å². The summed E-state index contributed by atoms with van der Waals surface area (Å²) in [6.07, 6.45) is 0. The summed E-state index contributed by atoms with van der Waals surface area (Å²) >= 11 is 0. The highest BCUT2D eigenvalue weighted by Crippen LogP contribution is 2.19. The maximum absolute atomic E-state index is 8.84. The van der Waals surface area contributed by atoms with Gasteiger partial charge in [-0.05, 0) is 24.6 Å². The summed E-state index contributed by atoms with van der Waals surface area (Å²) in [5, 5.41) is 8.84. The van der Waals surface area contributed by atoms with Gasteiger partial charge in [0, 0.05) is 0 Å². The summed E-state index contributed by atoms with van der Waals surface area (Å²) in [5.74, 6) is 0.383. The van der Waals surface area contributed by atoms with E-state index in [4.69, 9.17) is 15.3 Å². The fraction of sp³-hybridized carbons (Fsp3) is 0.300. The quantitative estimate of drug-likeness (QED) is 0.748. The molecule has 1 unspecified atom stereocenters. The molecule has 0 aliphatic rings. The Balaban J connectivity index is 2.51. The van der Waals surface area contributed by atoms with Crippen LogP contribution in [0.2, 0.25) is 0 Å². The number of fused-ring (bicyclic) bond motifs is 1. The second-order valence-corrected chi connectivity index (χ2v) is 3.31. The van der Waals surface area contributed by atoms with Gasteiger partial charge in [0.1, 0.15) is 11.6 Å². The molecule has 1 heterocycles. The molecule has 0 bridgehead atoms. The lowest BCUT2D eigenvalue weighted by atomic mass is 10.2. The van der Waals surface area contributed by atoms with Gasteiger partial charge in [0.25, 0.3) is 0 Å². The molecule has 1 aromatic heterocycles. The van der Waals surface area contributed by atoms with Crippen LogP contribution in [0.5, 0.6) is 0 Å². The summed E-state index contributed by atoms with van der Waals surface area (Å²) in [7, 11) is 0. The number of aromatic nitrogens is 1. The first-order valence-corrected chi connectivity index (χ1v) is 4.44.